The minimum Gasteiger partial charge on any atom is -0.348 e. The standard InChI is InChI=1S/C22H18ClN5O2/c23-17-2-1-3-19(8-17)28(12-16-6-4-15(10-24)5-7-16)13-21(29)27-20(22(28)30)9-18-11-25-14-26-18/h1-8,11,14,20H,9,12-13H2,(H-,25,26,27,29)/p+1. The molecule has 1 aliphatic heterocycles. The molecule has 1 aromatic heterocycles. The number of hydrogen-bond donors (Lipinski definition) is 2. The van der Waals surface area contributed by atoms with Crippen LogP contribution < -0.4 is 9.80 Å². The van der Waals surface area contributed by atoms with E-state index in [4.69, 9.17) is 16.9 Å². The van der Waals surface area contributed by atoms with Gasteiger partial charge in [0.05, 0.1) is 18.0 Å². The molecule has 1 saturated heterocycles. The Morgan fingerprint density at radius 2 is 2.00 bits per heavy atom. The van der Waals surface area contributed by atoms with Crippen molar-refractivity contribution in [2.24, 2.45) is 0 Å². The van der Waals surface area contributed by atoms with Crippen molar-refractivity contribution in [1.82, 2.24) is 19.8 Å². The van der Waals surface area contributed by atoms with Gasteiger partial charge in [-0.05, 0) is 24.3 Å². The summed E-state index contributed by atoms with van der Waals surface area (Å²) >= 11 is 6.23. The van der Waals surface area contributed by atoms with Crippen molar-refractivity contribution in [3.8, 4) is 6.07 Å². The van der Waals surface area contributed by atoms with Gasteiger partial charge in [0.1, 0.15) is 12.2 Å². The van der Waals surface area contributed by atoms with Gasteiger partial charge in [0.2, 0.25) is 0 Å². The van der Waals surface area contributed by atoms with Gasteiger partial charge in [0, 0.05) is 35.0 Å². The first-order valence-electron chi connectivity index (χ1n) is 9.43. The molecular weight excluding hydrogens is 402 g/mol. The number of carbonyl (C=O) groups is 2. The second-order valence-corrected chi connectivity index (χ2v) is 7.75. The van der Waals surface area contributed by atoms with Crippen LogP contribution in [0, 0.1) is 11.3 Å². The average Bonchev–Trinajstić information content (AvgIpc) is 3.25. The highest BCUT2D eigenvalue weighted by molar-refractivity contribution is 6.30. The fourth-order valence-electron chi connectivity index (χ4n) is 3.86. The molecule has 2 N–H and O–H groups in total. The zero-order valence-electron chi connectivity index (χ0n) is 16.0. The van der Waals surface area contributed by atoms with Gasteiger partial charge in [-0.25, -0.2) is 14.3 Å². The number of amides is 2. The average molecular weight is 421 g/mol. The summed E-state index contributed by atoms with van der Waals surface area (Å²) in [5, 5.41) is 12.4. The van der Waals surface area contributed by atoms with Crippen LogP contribution in [0.4, 0.5) is 5.69 Å². The van der Waals surface area contributed by atoms with Gasteiger partial charge in [0.25, 0.3) is 5.91 Å². The quantitative estimate of drug-likeness (QED) is 0.620. The topological polar surface area (TPSA) is 98.6 Å². The number of halogens is 1. The molecule has 8 heteroatoms. The molecule has 7 nitrogen and oxygen atoms in total. The smallest absolute Gasteiger partial charge is 0.342 e. The molecule has 0 spiro atoms. The molecule has 2 heterocycles. The summed E-state index contributed by atoms with van der Waals surface area (Å²) < 4.78 is -0.183. The van der Waals surface area contributed by atoms with Crippen LogP contribution in [0.3, 0.4) is 0 Å². The first kappa shape index (κ1) is 19.8. The van der Waals surface area contributed by atoms with Gasteiger partial charge < -0.3 is 10.3 Å². The second-order valence-electron chi connectivity index (χ2n) is 7.31. The Kier molecular flexibility index (Phi) is 5.36. The van der Waals surface area contributed by atoms with E-state index in [1.165, 1.54) is 0 Å². The Morgan fingerprint density at radius 3 is 2.67 bits per heavy atom. The number of carbonyl (C=O) groups excluding carboxylic acids is 2. The van der Waals surface area contributed by atoms with Crippen molar-refractivity contribution in [1.29, 1.82) is 5.26 Å². The van der Waals surface area contributed by atoms with Gasteiger partial charge in [0.15, 0.2) is 12.6 Å². The molecule has 0 saturated carbocycles. The molecule has 0 bridgehead atoms. The van der Waals surface area contributed by atoms with Crippen molar-refractivity contribution in [2.45, 2.75) is 19.0 Å². The molecule has 2 unspecified atom stereocenters. The number of imidazole rings is 1. The van der Waals surface area contributed by atoms with Crippen LogP contribution in [0.2, 0.25) is 5.02 Å². The number of hydrogen-bond acceptors (Lipinski definition) is 4. The van der Waals surface area contributed by atoms with Crippen LogP contribution in [0.1, 0.15) is 16.8 Å². The van der Waals surface area contributed by atoms with Crippen molar-refractivity contribution in [3.05, 3.63) is 82.9 Å². The first-order valence-corrected chi connectivity index (χ1v) is 9.81. The van der Waals surface area contributed by atoms with E-state index in [0.717, 1.165) is 11.3 Å². The number of aromatic amines is 1. The molecule has 2 atom stereocenters. The van der Waals surface area contributed by atoms with E-state index in [2.05, 4.69) is 21.4 Å². The molecular formula is C22H19ClN5O2+. The maximum atomic E-state index is 13.8. The number of nitriles is 1. The number of nitrogens with one attached hydrogen (secondary N) is 2. The minimum absolute atomic E-state index is 0.0291. The third-order valence-corrected chi connectivity index (χ3v) is 5.52. The van der Waals surface area contributed by atoms with Crippen LogP contribution >= 0.6 is 11.6 Å². The van der Waals surface area contributed by atoms with Crippen molar-refractivity contribution in [2.75, 3.05) is 6.54 Å². The highest BCUT2D eigenvalue weighted by Crippen LogP contribution is 2.32. The lowest BCUT2D eigenvalue weighted by Gasteiger charge is -2.41. The molecule has 4 rings (SSSR count). The summed E-state index contributed by atoms with van der Waals surface area (Å²) in [5.41, 5.74) is 2.80. The molecule has 150 valence electrons. The summed E-state index contributed by atoms with van der Waals surface area (Å²) in [4.78, 5) is 33.5. The minimum atomic E-state index is -0.705. The normalized spacial score (nSPS) is 21.1. The fourth-order valence-corrected chi connectivity index (χ4v) is 4.04. The van der Waals surface area contributed by atoms with Crippen LogP contribution in [0.25, 0.3) is 0 Å². The number of aromatic nitrogens is 2. The predicted octanol–water partition coefficient (Wildman–Crippen LogP) is 2.71. The Labute approximate surface area is 178 Å². The first-order chi connectivity index (χ1) is 14.5. The van der Waals surface area contributed by atoms with Crippen molar-refractivity contribution in [3.63, 3.8) is 0 Å². The zero-order valence-corrected chi connectivity index (χ0v) is 16.8. The van der Waals surface area contributed by atoms with Gasteiger partial charge in [-0.15, -0.1) is 0 Å². The maximum absolute atomic E-state index is 13.8. The van der Waals surface area contributed by atoms with E-state index in [-0.39, 0.29) is 29.4 Å². The van der Waals surface area contributed by atoms with E-state index in [1.54, 1.807) is 42.9 Å². The number of H-pyrrole nitrogens is 1. The lowest BCUT2D eigenvalue weighted by atomic mass is 10.0. The number of quaternary nitrogens is 1. The molecule has 1 aliphatic rings. The van der Waals surface area contributed by atoms with Crippen LogP contribution in [0.5, 0.6) is 0 Å². The second kappa shape index (κ2) is 8.11. The van der Waals surface area contributed by atoms with Gasteiger partial charge in [-0.1, -0.05) is 29.8 Å². The summed E-state index contributed by atoms with van der Waals surface area (Å²) in [6.45, 7) is 0.246. The SMILES string of the molecule is N#Cc1ccc(C[N+]2(c3cccc(Cl)c3)CC(=O)NC(Cc3cnc[nH]3)C2=O)cc1. The molecule has 0 aliphatic carbocycles. The van der Waals surface area contributed by atoms with E-state index < -0.39 is 6.04 Å². The van der Waals surface area contributed by atoms with Crippen molar-refractivity contribution < 1.29 is 9.59 Å². The Hall–Kier alpha value is -3.47. The molecule has 0 radical (unpaired) electrons. The predicted molar refractivity (Wildman–Crippen MR) is 112 cm³/mol. The van der Waals surface area contributed by atoms with E-state index in [1.807, 2.05) is 18.2 Å². The van der Waals surface area contributed by atoms with Gasteiger partial charge in [-0.2, -0.15) is 5.26 Å². The lowest BCUT2D eigenvalue weighted by molar-refractivity contribution is -0.144. The molecule has 3 aromatic rings. The molecule has 2 aromatic carbocycles. The van der Waals surface area contributed by atoms with Crippen molar-refractivity contribution >= 4 is 29.1 Å². The monoisotopic (exact) mass is 420 g/mol. The number of piperazine rings is 1. The van der Waals surface area contributed by atoms with Gasteiger partial charge >= 0.3 is 5.91 Å². The Morgan fingerprint density at radius 1 is 1.20 bits per heavy atom. The van der Waals surface area contributed by atoms with Gasteiger partial charge in [-0.3, -0.25) is 4.79 Å². The summed E-state index contributed by atoms with van der Waals surface area (Å²) in [6, 6.07) is 15.5. The highest BCUT2D eigenvalue weighted by Gasteiger charge is 2.50. The Bertz CT molecular complexity index is 1120. The summed E-state index contributed by atoms with van der Waals surface area (Å²) in [5.74, 6) is -0.344. The van der Waals surface area contributed by atoms with E-state index >= 15 is 0 Å². The van der Waals surface area contributed by atoms with E-state index in [0.29, 0.717) is 22.7 Å². The third-order valence-electron chi connectivity index (χ3n) is 5.29. The zero-order chi connectivity index (χ0) is 21.1. The third kappa shape index (κ3) is 3.83. The molecule has 2 amide bonds. The number of nitrogens with zero attached hydrogens (tertiary/aromatic N) is 3. The van der Waals surface area contributed by atoms with Crippen LogP contribution in [-0.4, -0.2) is 34.4 Å². The summed E-state index contributed by atoms with van der Waals surface area (Å²) in [6.07, 6.45) is 3.50. The largest absolute Gasteiger partial charge is 0.348 e. The number of benzene rings is 2. The maximum Gasteiger partial charge on any atom is 0.342 e. The van der Waals surface area contributed by atoms with E-state index in [9.17, 15) is 9.59 Å². The summed E-state index contributed by atoms with van der Waals surface area (Å²) in [7, 11) is 0. The van der Waals surface area contributed by atoms with Crippen LogP contribution in [-0.2, 0) is 22.6 Å². The van der Waals surface area contributed by atoms with Crippen LogP contribution in [0.15, 0.2) is 61.1 Å². The molecule has 1 fully saturated rings. The molecule has 30 heavy (non-hydrogen) atoms. The lowest BCUT2D eigenvalue weighted by Crippen LogP contribution is -2.69. The highest BCUT2D eigenvalue weighted by atomic mass is 35.5. The number of rotatable bonds is 5. The Balaban J connectivity index is 1.77. The fraction of sp³-hybridized carbons (Fsp3) is 0.182.